The number of hydrogen-bond acceptors (Lipinski definition) is 10. The molecular weight excluding hydrogens is 464 g/mol. The second kappa shape index (κ2) is 12.0. The minimum Gasteiger partial charge on any atom is -0.468 e. The summed E-state index contributed by atoms with van der Waals surface area (Å²) in [6.45, 7) is 3.37. The standard InChI is InChI=1S/C25H34N6O5/c1-35-21(32)16-30(15-20-10-6-9-19(13-20)14-29-11-4-5-12-29)24-22(31(33)34)23(26)27-25(28-24)36-17-18-7-2-3-8-18/h6,9-10,13,18H,2-5,7-8,11-12,14-17H2,1H3,(H2,26,27,28). The molecule has 2 N–H and O–H groups in total. The predicted molar refractivity (Wildman–Crippen MR) is 135 cm³/mol. The number of nitrogen functional groups attached to an aromatic ring is 1. The van der Waals surface area contributed by atoms with E-state index in [1.807, 2.05) is 12.1 Å². The van der Waals surface area contributed by atoms with Crippen molar-refractivity contribution in [3.63, 3.8) is 0 Å². The fourth-order valence-electron chi connectivity index (χ4n) is 4.94. The van der Waals surface area contributed by atoms with Crippen LogP contribution in [0.3, 0.4) is 0 Å². The molecule has 0 radical (unpaired) electrons. The third-order valence-electron chi connectivity index (χ3n) is 6.79. The van der Waals surface area contributed by atoms with Crippen molar-refractivity contribution in [3.05, 3.63) is 45.5 Å². The van der Waals surface area contributed by atoms with Crippen LogP contribution in [0.4, 0.5) is 17.3 Å². The second-order valence-corrected chi connectivity index (χ2v) is 9.52. The smallest absolute Gasteiger partial charge is 0.353 e. The van der Waals surface area contributed by atoms with Crippen molar-refractivity contribution in [3.8, 4) is 6.01 Å². The van der Waals surface area contributed by atoms with E-state index in [4.69, 9.17) is 15.2 Å². The first-order valence-electron chi connectivity index (χ1n) is 12.5. The van der Waals surface area contributed by atoms with E-state index in [0.717, 1.165) is 56.4 Å². The van der Waals surface area contributed by atoms with E-state index in [-0.39, 0.29) is 30.7 Å². The Labute approximate surface area is 210 Å². The number of aromatic nitrogens is 2. The summed E-state index contributed by atoms with van der Waals surface area (Å²) in [6.07, 6.45) is 6.86. The van der Waals surface area contributed by atoms with E-state index >= 15 is 0 Å². The van der Waals surface area contributed by atoms with Gasteiger partial charge >= 0.3 is 17.7 Å². The van der Waals surface area contributed by atoms with Crippen LogP contribution in [0.1, 0.15) is 49.7 Å². The summed E-state index contributed by atoms with van der Waals surface area (Å²) in [5.41, 5.74) is 7.57. The van der Waals surface area contributed by atoms with Crippen LogP contribution in [-0.4, -0.2) is 59.1 Å². The maximum atomic E-state index is 12.3. The number of ether oxygens (including phenoxy) is 2. The van der Waals surface area contributed by atoms with Gasteiger partial charge in [-0.25, -0.2) is 0 Å². The van der Waals surface area contributed by atoms with Crippen LogP contribution in [0.2, 0.25) is 0 Å². The van der Waals surface area contributed by atoms with Gasteiger partial charge in [-0.1, -0.05) is 37.1 Å². The fourth-order valence-corrected chi connectivity index (χ4v) is 4.94. The van der Waals surface area contributed by atoms with Crippen LogP contribution in [-0.2, 0) is 22.6 Å². The van der Waals surface area contributed by atoms with Crippen LogP contribution >= 0.6 is 0 Å². The predicted octanol–water partition coefficient (Wildman–Crippen LogP) is 3.31. The molecule has 4 rings (SSSR count). The van der Waals surface area contributed by atoms with Gasteiger partial charge in [0.05, 0.1) is 18.6 Å². The Bertz CT molecular complexity index is 1070. The van der Waals surface area contributed by atoms with E-state index in [2.05, 4.69) is 27.0 Å². The summed E-state index contributed by atoms with van der Waals surface area (Å²) >= 11 is 0. The minimum atomic E-state index is -0.626. The van der Waals surface area contributed by atoms with Crippen LogP contribution in [0.25, 0.3) is 0 Å². The van der Waals surface area contributed by atoms with E-state index in [9.17, 15) is 14.9 Å². The topological polar surface area (TPSA) is 137 Å². The number of rotatable bonds is 11. The molecule has 0 amide bonds. The van der Waals surface area contributed by atoms with Gasteiger partial charge in [0, 0.05) is 13.1 Å². The highest BCUT2D eigenvalue weighted by Gasteiger charge is 2.30. The van der Waals surface area contributed by atoms with Crippen LogP contribution in [0, 0.1) is 16.0 Å². The van der Waals surface area contributed by atoms with Gasteiger partial charge in [0.25, 0.3) is 0 Å². The first-order chi connectivity index (χ1) is 17.4. The number of carbonyl (C=O) groups is 1. The zero-order valence-corrected chi connectivity index (χ0v) is 20.7. The zero-order valence-electron chi connectivity index (χ0n) is 20.7. The normalized spacial score (nSPS) is 16.2. The Morgan fingerprint density at radius 3 is 2.61 bits per heavy atom. The number of benzene rings is 1. The zero-order chi connectivity index (χ0) is 25.5. The highest BCUT2D eigenvalue weighted by atomic mass is 16.6. The van der Waals surface area contributed by atoms with Gasteiger partial charge < -0.3 is 20.1 Å². The lowest BCUT2D eigenvalue weighted by atomic mass is 10.1. The number of methoxy groups -OCH3 is 1. The molecule has 1 aliphatic heterocycles. The summed E-state index contributed by atoms with van der Waals surface area (Å²) in [6, 6.07) is 7.96. The molecule has 2 aromatic rings. The molecule has 1 aromatic heterocycles. The average Bonchev–Trinajstić information content (AvgIpc) is 3.56. The number of likely N-dealkylation sites (tertiary alicyclic amines) is 1. The second-order valence-electron chi connectivity index (χ2n) is 9.52. The number of esters is 1. The van der Waals surface area contributed by atoms with E-state index in [1.165, 1.54) is 24.9 Å². The molecule has 1 aromatic carbocycles. The average molecular weight is 499 g/mol. The maximum Gasteiger partial charge on any atom is 0.353 e. The summed E-state index contributed by atoms with van der Waals surface area (Å²) in [7, 11) is 1.27. The lowest BCUT2D eigenvalue weighted by Crippen LogP contribution is -2.32. The van der Waals surface area contributed by atoms with Crippen LogP contribution < -0.4 is 15.4 Å². The first kappa shape index (κ1) is 25.6. The summed E-state index contributed by atoms with van der Waals surface area (Å²) in [5, 5.41) is 11.9. The van der Waals surface area contributed by atoms with Gasteiger partial charge in [-0.05, 0) is 55.8 Å². The van der Waals surface area contributed by atoms with Crippen molar-refractivity contribution < 1.29 is 19.2 Å². The Morgan fingerprint density at radius 1 is 1.19 bits per heavy atom. The summed E-state index contributed by atoms with van der Waals surface area (Å²) in [4.78, 5) is 35.9. The molecule has 2 heterocycles. The third-order valence-corrected chi connectivity index (χ3v) is 6.79. The molecule has 2 fully saturated rings. The Morgan fingerprint density at radius 2 is 1.92 bits per heavy atom. The monoisotopic (exact) mass is 498 g/mol. The SMILES string of the molecule is COC(=O)CN(Cc1cccc(CN2CCCC2)c1)c1nc(OCC2CCCC2)nc(N)c1[N+](=O)[O-]. The van der Waals surface area contributed by atoms with Gasteiger partial charge in [0.15, 0.2) is 0 Å². The number of carbonyl (C=O) groups excluding carboxylic acids is 1. The number of hydrogen-bond donors (Lipinski definition) is 1. The molecule has 11 heteroatoms. The number of anilines is 2. The molecule has 194 valence electrons. The maximum absolute atomic E-state index is 12.3. The highest BCUT2D eigenvalue weighted by Crippen LogP contribution is 2.34. The van der Waals surface area contributed by atoms with Crippen molar-refractivity contribution >= 4 is 23.3 Å². The van der Waals surface area contributed by atoms with Gasteiger partial charge in [-0.2, -0.15) is 9.97 Å². The first-order valence-corrected chi connectivity index (χ1v) is 12.5. The minimum absolute atomic E-state index is 0.0300. The van der Waals surface area contributed by atoms with Crippen molar-refractivity contribution in [1.82, 2.24) is 14.9 Å². The van der Waals surface area contributed by atoms with Gasteiger partial charge in [-0.15, -0.1) is 0 Å². The van der Waals surface area contributed by atoms with E-state index < -0.39 is 16.6 Å². The molecule has 36 heavy (non-hydrogen) atoms. The van der Waals surface area contributed by atoms with Crippen molar-refractivity contribution in [2.24, 2.45) is 5.92 Å². The molecule has 1 saturated heterocycles. The number of nitro groups is 1. The molecule has 2 aliphatic rings. The lowest BCUT2D eigenvalue weighted by molar-refractivity contribution is -0.383. The summed E-state index contributed by atoms with van der Waals surface area (Å²) < 4.78 is 10.7. The molecule has 0 bridgehead atoms. The Hall–Kier alpha value is -3.47. The molecule has 0 unspecified atom stereocenters. The van der Waals surface area contributed by atoms with E-state index in [1.54, 1.807) is 0 Å². The third kappa shape index (κ3) is 6.60. The van der Waals surface area contributed by atoms with Gasteiger partial charge in [-0.3, -0.25) is 19.8 Å². The molecule has 0 spiro atoms. The van der Waals surface area contributed by atoms with Crippen LogP contribution in [0.15, 0.2) is 24.3 Å². The van der Waals surface area contributed by atoms with Crippen molar-refractivity contribution in [1.29, 1.82) is 0 Å². The largest absolute Gasteiger partial charge is 0.468 e. The van der Waals surface area contributed by atoms with Crippen molar-refractivity contribution in [2.75, 3.05) is 44.0 Å². The van der Waals surface area contributed by atoms with Crippen LogP contribution in [0.5, 0.6) is 6.01 Å². The molecular formula is C25H34N6O5. The molecule has 1 saturated carbocycles. The highest BCUT2D eigenvalue weighted by molar-refractivity contribution is 5.78. The molecule has 11 nitrogen and oxygen atoms in total. The lowest BCUT2D eigenvalue weighted by Gasteiger charge is -2.23. The summed E-state index contributed by atoms with van der Waals surface area (Å²) in [5.74, 6) is -0.519. The number of nitrogens with two attached hydrogens (primary N) is 1. The van der Waals surface area contributed by atoms with Crippen molar-refractivity contribution in [2.45, 2.75) is 51.6 Å². The Kier molecular flexibility index (Phi) is 8.52. The number of nitrogens with zero attached hydrogens (tertiary/aromatic N) is 5. The molecule has 1 aliphatic carbocycles. The fraction of sp³-hybridized carbons (Fsp3) is 0.560. The van der Waals surface area contributed by atoms with Gasteiger partial charge in [0.2, 0.25) is 11.6 Å². The van der Waals surface area contributed by atoms with Gasteiger partial charge in [0.1, 0.15) is 6.54 Å². The quantitative estimate of drug-likeness (QED) is 0.279. The Balaban J connectivity index is 1.62. The molecule has 0 atom stereocenters. The van der Waals surface area contributed by atoms with E-state index in [0.29, 0.717) is 12.5 Å².